The highest BCUT2D eigenvalue weighted by atomic mass is 16.5. The largest absolute Gasteiger partial charge is 0.508 e. The van der Waals surface area contributed by atoms with Crippen LogP contribution in [0.2, 0.25) is 0 Å². The summed E-state index contributed by atoms with van der Waals surface area (Å²) in [6.07, 6.45) is 2.40. The number of phenols is 1. The molecule has 0 unspecified atom stereocenters. The molecule has 1 aromatic heterocycles. The SMILES string of the molecule is COc1cc(OC)c2c(=O)c(-c3ccc(N4CCCC4)cc3)c(-c3ccc(O)cc3)oc2c1. The number of hydrogen-bond acceptors (Lipinski definition) is 6. The van der Waals surface area contributed by atoms with Gasteiger partial charge in [0.25, 0.3) is 0 Å². The van der Waals surface area contributed by atoms with Crippen molar-refractivity contribution < 1.29 is 19.0 Å². The lowest BCUT2D eigenvalue weighted by atomic mass is 9.97. The lowest BCUT2D eigenvalue weighted by molar-refractivity contribution is 0.396. The molecule has 0 aliphatic carbocycles. The van der Waals surface area contributed by atoms with Crippen LogP contribution in [-0.2, 0) is 0 Å². The maximum Gasteiger partial charge on any atom is 0.204 e. The molecule has 0 radical (unpaired) electrons. The second-order valence-corrected chi connectivity index (χ2v) is 8.13. The molecule has 2 heterocycles. The number of phenolic OH excluding ortho intramolecular Hbond substituents is 1. The highest BCUT2D eigenvalue weighted by Gasteiger charge is 2.22. The lowest BCUT2D eigenvalue weighted by Gasteiger charge is -2.18. The van der Waals surface area contributed by atoms with E-state index in [9.17, 15) is 9.90 Å². The lowest BCUT2D eigenvalue weighted by Crippen LogP contribution is -2.17. The van der Waals surface area contributed by atoms with Gasteiger partial charge in [0.2, 0.25) is 5.43 Å². The van der Waals surface area contributed by atoms with Crippen LogP contribution in [0.15, 0.2) is 69.9 Å². The predicted octanol–water partition coefficient (Wildman–Crippen LogP) is 5.45. The van der Waals surface area contributed by atoms with Gasteiger partial charge in [-0.1, -0.05) is 12.1 Å². The molecule has 1 saturated heterocycles. The van der Waals surface area contributed by atoms with Gasteiger partial charge in [-0.15, -0.1) is 0 Å². The molecule has 1 N–H and O–H groups in total. The molecule has 0 spiro atoms. The Kier molecular flexibility index (Phi) is 5.42. The summed E-state index contributed by atoms with van der Waals surface area (Å²) in [5.41, 5.74) is 3.23. The van der Waals surface area contributed by atoms with Crippen molar-refractivity contribution in [1.29, 1.82) is 0 Å². The van der Waals surface area contributed by atoms with Crippen LogP contribution in [0, 0.1) is 0 Å². The highest BCUT2D eigenvalue weighted by molar-refractivity contribution is 5.93. The molecule has 1 aliphatic heterocycles. The number of benzene rings is 3. The fraction of sp³-hybridized carbons (Fsp3) is 0.222. The van der Waals surface area contributed by atoms with E-state index >= 15 is 0 Å². The van der Waals surface area contributed by atoms with Gasteiger partial charge in [-0.3, -0.25) is 4.79 Å². The maximum absolute atomic E-state index is 13.9. The van der Waals surface area contributed by atoms with Gasteiger partial charge in [0, 0.05) is 36.5 Å². The molecule has 6 nitrogen and oxygen atoms in total. The van der Waals surface area contributed by atoms with Crippen molar-refractivity contribution in [2.24, 2.45) is 0 Å². The molecule has 4 aromatic rings. The molecule has 5 rings (SSSR count). The topological polar surface area (TPSA) is 72.1 Å². The smallest absolute Gasteiger partial charge is 0.204 e. The summed E-state index contributed by atoms with van der Waals surface area (Å²) >= 11 is 0. The first-order chi connectivity index (χ1) is 16.1. The number of fused-ring (bicyclic) bond motifs is 1. The van der Waals surface area contributed by atoms with Gasteiger partial charge in [0.05, 0.1) is 19.8 Å². The number of ether oxygens (including phenoxy) is 2. The molecule has 1 fully saturated rings. The van der Waals surface area contributed by atoms with E-state index in [0.29, 0.717) is 39.4 Å². The van der Waals surface area contributed by atoms with E-state index in [1.807, 2.05) is 12.1 Å². The first-order valence-electron chi connectivity index (χ1n) is 11.0. The van der Waals surface area contributed by atoms with Crippen LogP contribution in [0.25, 0.3) is 33.4 Å². The average Bonchev–Trinajstić information content (AvgIpc) is 3.39. The number of aromatic hydroxyl groups is 1. The molecular formula is C27H25NO5. The van der Waals surface area contributed by atoms with Crippen molar-refractivity contribution in [3.8, 4) is 39.7 Å². The van der Waals surface area contributed by atoms with Crippen LogP contribution in [0.4, 0.5) is 5.69 Å². The van der Waals surface area contributed by atoms with Gasteiger partial charge < -0.3 is 23.9 Å². The Morgan fingerprint density at radius 2 is 1.55 bits per heavy atom. The zero-order chi connectivity index (χ0) is 22.9. The minimum absolute atomic E-state index is 0.141. The van der Waals surface area contributed by atoms with Crippen LogP contribution < -0.4 is 19.8 Å². The summed E-state index contributed by atoms with van der Waals surface area (Å²) in [6, 6.07) is 18.0. The number of anilines is 1. The third kappa shape index (κ3) is 3.78. The fourth-order valence-corrected chi connectivity index (χ4v) is 4.43. The normalized spacial score (nSPS) is 13.5. The zero-order valence-corrected chi connectivity index (χ0v) is 18.6. The Morgan fingerprint density at radius 3 is 2.18 bits per heavy atom. The third-order valence-electron chi connectivity index (χ3n) is 6.15. The molecule has 0 atom stereocenters. The van der Waals surface area contributed by atoms with E-state index in [1.54, 1.807) is 43.5 Å². The Bertz CT molecular complexity index is 1350. The quantitative estimate of drug-likeness (QED) is 0.442. The van der Waals surface area contributed by atoms with Crippen LogP contribution in [0.1, 0.15) is 12.8 Å². The van der Waals surface area contributed by atoms with Crippen molar-refractivity contribution in [1.82, 2.24) is 0 Å². The molecule has 0 bridgehead atoms. The van der Waals surface area contributed by atoms with Gasteiger partial charge in [-0.05, 0) is 54.8 Å². The van der Waals surface area contributed by atoms with Crippen LogP contribution in [0.3, 0.4) is 0 Å². The maximum atomic E-state index is 13.9. The Morgan fingerprint density at radius 1 is 0.879 bits per heavy atom. The van der Waals surface area contributed by atoms with Crippen molar-refractivity contribution in [2.45, 2.75) is 12.8 Å². The Hall–Kier alpha value is -3.93. The van der Waals surface area contributed by atoms with Crippen molar-refractivity contribution in [3.63, 3.8) is 0 Å². The van der Waals surface area contributed by atoms with Gasteiger partial charge in [-0.2, -0.15) is 0 Å². The van der Waals surface area contributed by atoms with Crippen molar-refractivity contribution in [3.05, 3.63) is 70.9 Å². The first kappa shape index (κ1) is 20.9. The fourth-order valence-electron chi connectivity index (χ4n) is 4.43. The van der Waals surface area contributed by atoms with E-state index in [0.717, 1.165) is 24.3 Å². The predicted molar refractivity (Wildman–Crippen MR) is 130 cm³/mol. The molecule has 0 saturated carbocycles. The minimum atomic E-state index is -0.187. The van der Waals surface area contributed by atoms with E-state index in [1.165, 1.54) is 20.0 Å². The van der Waals surface area contributed by atoms with Crippen molar-refractivity contribution >= 4 is 16.7 Å². The number of hydrogen-bond donors (Lipinski definition) is 1. The molecule has 0 amide bonds. The second-order valence-electron chi connectivity index (χ2n) is 8.13. The number of rotatable bonds is 5. The minimum Gasteiger partial charge on any atom is -0.508 e. The summed E-state index contributed by atoms with van der Waals surface area (Å²) in [5.74, 6) is 1.49. The van der Waals surface area contributed by atoms with E-state index in [-0.39, 0.29) is 11.2 Å². The summed E-state index contributed by atoms with van der Waals surface area (Å²) in [7, 11) is 3.07. The van der Waals surface area contributed by atoms with Gasteiger partial charge in [0.15, 0.2) is 0 Å². The molecule has 6 heteroatoms. The monoisotopic (exact) mass is 443 g/mol. The summed E-state index contributed by atoms with van der Waals surface area (Å²) in [6.45, 7) is 2.10. The standard InChI is InChI=1S/C27H25NO5/c1-31-21-15-22(32-2)25-23(16-21)33-27(18-7-11-20(29)12-8-18)24(26(25)30)17-5-9-19(10-6-17)28-13-3-4-14-28/h5-12,15-16,29H,3-4,13-14H2,1-2H3. The van der Waals surface area contributed by atoms with Crippen LogP contribution >= 0.6 is 0 Å². The van der Waals surface area contributed by atoms with Crippen LogP contribution in [0.5, 0.6) is 17.2 Å². The Balaban J connectivity index is 1.76. The highest BCUT2D eigenvalue weighted by Crippen LogP contribution is 2.38. The molecule has 33 heavy (non-hydrogen) atoms. The first-order valence-corrected chi connectivity index (χ1v) is 11.0. The molecule has 168 valence electrons. The molecule has 1 aliphatic rings. The Labute approximate surface area is 191 Å². The summed E-state index contributed by atoms with van der Waals surface area (Å²) < 4.78 is 17.2. The summed E-state index contributed by atoms with van der Waals surface area (Å²) in [5, 5.41) is 10.1. The van der Waals surface area contributed by atoms with E-state index < -0.39 is 0 Å². The average molecular weight is 443 g/mol. The van der Waals surface area contributed by atoms with E-state index in [2.05, 4.69) is 17.0 Å². The third-order valence-corrected chi connectivity index (χ3v) is 6.15. The molecular weight excluding hydrogens is 418 g/mol. The van der Waals surface area contributed by atoms with Gasteiger partial charge >= 0.3 is 0 Å². The number of nitrogens with zero attached hydrogens (tertiary/aromatic N) is 1. The van der Waals surface area contributed by atoms with Crippen molar-refractivity contribution in [2.75, 3.05) is 32.2 Å². The summed E-state index contributed by atoms with van der Waals surface area (Å²) in [4.78, 5) is 16.2. The van der Waals surface area contributed by atoms with Crippen LogP contribution in [-0.4, -0.2) is 32.4 Å². The second kappa shape index (κ2) is 8.54. The molecule has 3 aromatic carbocycles. The number of methoxy groups -OCH3 is 2. The van der Waals surface area contributed by atoms with Gasteiger partial charge in [-0.25, -0.2) is 0 Å². The van der Waals surface area contributed by atoms with Gasteiger partial charge in [0.1, 0.15) is 34.0 Å². The zero-order valence-electron chi connectivity index (χ0n) is 18.6. The van der Waals surface area contributed by atoms with E-state index in [4.69, 9.17) is 13.9 Å².